The zero-order chi connectivity index (χ0) is 12.2. The van der Waals surface area contributed by atoms with Crippen LogP contribution in [0.15, 0.2) is 54.6 Å². The summed E-state index contributed by atoms with van der Waals surface area (Å²) in [6, 6.07) is 18.1. The molecular formula is C16H13NO. The largest absolute Gasteiger partial charge is 0.371 e. The zero-order valence-corrected chi connectivity index (χ0v) is 9.89. The van der Waals surface area contributed by atoms with Crippen LogP contribution in [-0.4, -0.2) is 11.3 Å². The first-order chi connectivity index (χ1) is 8.81. The molecule has 2 nitrogen and oxygen atoms in total. The highest BCUT2D eigenvalue weighted by molar-refractivity contribution is 6.16. The minimum Gasteiger partial charge on any atom is -0.371 e. The molecule has 4 rings (SSSR count). The lowest BCUT2D eigenvalue weighted by atomic mass is 10.0. The van der Waals surface area contributed by atoms with E-state index in [9.17, 15) is 4.79 Å². The van der Waals surface area contributed by atoms with Gasteiger partial charge >= 0.3 is 0 Å². The standard InChI is InChI=1S/C16H13NO/c18-15-12-8-4-5-9-14(12)17-16(15)10-13(16)11-6-2-1-3-7-11/h1-9,13,17H,10H2/t13-,16+/m1/s1. The van der Waals surface area contributed by atoms with E-state index in [-0.39, 0.29) is 11.3 Å². The van der Waals surface area contributed by atoms with Crippen molar-refractivity contribution in [1.82, 2.24) is 0 Å². The third-order valence-corrected chi connectivity index (χ3v) is 4.10. The predicted molar refractivity (Wildman–Crippen MR) is 70.9 cm³/mol. The molecule has 2 heteroatoms. The highest BCUT2D eigenvalue weighted by Crippen LogP contribution is 2.58. The number of benzene rings is 2. The number of ketones is 1. The fraction of sp³-hybridized carbons (Fsp3) is 0.188. The minimum atomic E-state index is -0.356. The first-order valence-corrected chi connectivity index (χ1v) is 6.28. The van der Waals surface area contributed by atoms with Crippen molar-refractivity contribution in [1.29, 1.82) is 0 Å². The normalized spacial score (nSPS) is 28.0. The lowest BCUT2D eigenvalue weighted by Crippen LogP contribution is -2.26. The molecule has 1 aliphatic carbocycles. The van der Waals surface area contributed by atoms with Crippen LogP contribution in [-0.2, 0) is 0 Å². The van der Waals surface area contributed by atoms with Crippen LogP contribution >= 0.6 is 0 Å². The van der Waals surface area contributed by atoms with Gasteiger partial charge in [0.25, 0.3) is 0 Å². The average Bonchev–Trinajstić information content (AvgIpc) is 3.08. The molecule has 2 atom stereocenters. The van der Waals surface area contributed by atoms with E-state index in [0.29, 0.717) is 5.92 Å². The van der Waals surface area contributed by atoms with Crippen molar-refractivity contribution in [3.63, 3.8) is 0 Å². The van der Waals surface area contributed by atoms with E-state index in [1.165, 1.54) is 5.56 Å². The Labute approximate surface area is 106 Å². The smallest absolute Gasteiger partial charge is 0.190 e. The number of carbonyl (C=O) groups is 1. The van der Waals surface area contributed by atoms with E-state index in [1.807, 2.05) is 42.5 Å². The van der Waals surface area contributed by atoms with Crippen LogP contribution in [0, 0.1) is 0 Å². The van der Waals surface area contributed by atoms with Gasteiger partial charge in [-0.1, -0.05) is 42.5 Å². The van der Waals surface area contributed by atoms with Crippen LogP contribution < -0.4 is 5.32 Å². The van der Waals surface area contributed by atoms with Crippen molar-refractivity contribution in [2.45, 2.75) is 17.9 Å². The minimum absolute atomic E-state index is 0.256. The third kappa shape index (κ3) is 1.15. The second kappa shape index (κ2) is 3.22. The zero-order valence-electron chi connectivity index (χ0n) is 9.89. The van der Waals surface area contributed by atoms with E-state index < -0.39 is 0 Å². The molecule has 0 amide bonds. The summed E-state index contributed by atoms with van der Waals surface area (Å²) in [5.41, 5.74) is 2.73. The van der Waals surface area contributed by atoms with Gasteiger partial charge in [0.1, 0.15) is 5.54 Å². The molecule has 1 N–H and O–H groups in total. The maximum absolute atomic E-state index is 12.5. The molecule has 18 heavy (non-hydrogen) atoms. The molecule has 0 bridgehead atoms. The summed E-state index contributed by atoms with van der Waals surface area (Å²) in [6.45, 7) is 0. The highest BCUT2D eigenvalue weighted by atomic mass is 16.1. The van der Waals surface area contributed by atoms with E-state index in [4.69, 9.17) is 0 Å². The van der Waals surface area contributed by atoms with Gasteiger partial charge in [0.15, 0.2) is 5.78 Å². The van der Waals surface area contributed by atoms with Gasteiger partial charge in [-0.15, -0.1) is 0 Å². The Bertz CT molecular complexity index is 635. The monoisotopic (exact) mass is 235 g/mol. The topological polar surface area (TPSA) is 29.1 Å². The molecule has 1 heterocycles. The van der Waals surface area contributed by atoms with Crippen LogP contribution in [0.2, 0.25) is 0 Å². The number of carbonyl (C=O) groups excluding carboxylic acids is 1. The lowest BCUT2D eigenvalue weighted by molar-refractivity contribution is 0.0967. The third-order valence-electron chi connectivity index (χ3n) is 4.10. The first-order valence-electron chi connectivity index (χ1n) is 6.28. The van der Waals surface area contributed by atoms with Gasteiger partial charge in [0.2, 0.25) is 0 Å². The number of para-hydroxylation sites is 1. The van der Waals surface area contributed by atoms with Crippen molar-refractivity contribution in [3.05, 3.63) is 65.7 Å². The summed E-state index contributed by atoms with van der Waals surface area (Å²) in [6.07, 6.45) is 0.907. The number of Topliss-reactive ketones (excluding diaryl/α,β-unsaturated/α-hetero) is 1. The van der Waals surface area contributed by atoms with Crippen LogP contribution in [0.1, 0.15) is 28.3 Å². The SMILES string of the molecule is O=C1c2ccccc2N[C@]12C[C@@H]2c1ccccc1. The molecule has 0 radical (unpaired) electrons. The van der Waals surface area contributed by atoms with Crippen LogP contribution in [0.25, 0.3) is 0 Å². The maximum atomic E-state index is 12.5. The van der Waals surface area contributed by atoms with Crippen molar-refractivity contribution in [3.8, 4) is 0 Å². The number of hydrogen-bond donors (Lipinski definition) is 1. The number of fused-ring (bicyclic) bond motifs is 1. The molecule has 0 unspecified atom stereocenters. The van der Waals surface area contributed by atoms with Crippen LogP contribution in [0.5, 0.6) is 0 Å². The quantitative estimate of drug-likeness (QED) is 0.822. The van der Waals surface area contributed by atoms with E-state index >= 15 is 0 Å². The highest BCUT2D eigenvalue weighted by Gasteiger charge is 2.63. The van der Waals surface area contributed by atoms with Crippen LogP contribution in [0.3, 0.4) is 0 Å². The Hall–Kier alpha value is -2.09. The second-order valence-corrected chi connectivity index (χ2v) is 5.14. The Morgan fingerprint density at radius 2 is 1.72 bits per heavy atom. The van der Waals surface area contributed by atoms with E-state index in [0.717, 1.165) is 17.7 Å². The molecular weight excluding hydrogens is 222 g/mol. The second-order valence-electron chi connectivity index (χ2n) is 5.14. The summed E-state index contributed by atoms with van der Waals surface area (Å²) in [5, 5.41) is 3.43. The van der Waals surface area contributed by atoms with Gasteiger partial charge in [0.05, 0.1) is 0 Å². The number of nitrogens with one attached hydrogen (secondary N) is 1. The van der Waals surface area contributed by atoms with Gasteiger partial charge in [-0.05, 0) is 24.1 Å². The summed E-state index contributed by atoms with van der Waals surface area (Å²) < 4.78 is 0. The Kier molecular flexibility index (Phi) is 1.77. The molecule has 2 aromatic rings. The van der Waals surface area contributed by atoms with Gasteiger partial charge in [-0.25, -0.2) is 0 Å². The van der Waals surface area contributed by atoms with Gasteiger partial charge in [0, 0.05) is 17.2 Å². The molecule has 2 aliphatic rings. The fourth-order valence-corrected chi connectivity index (χ4v) is 3.07. The van der Waals surface area contributed by atoms with E-state index in [2.05, 4.69) is 17.4 Å². The number of hydrogen-bond acceptors (Lipinski definition) is 2. The Morgan fingerprint density at radius 1 is 1.00 bits per heavy atom. The molecule has 88 valence electrons. The summed E-state index contributed by atoms with van der Waals surface area (Å²) in [7, 11) is 0. The maximum Gasteiger partial charge on any atom is 0.190 e. The predicted octanol–water partition coefficient (Wildman–Crippen LogP) is 3.22. The van der Waals surface area contributed by atoms with E-state index in [1.54, 1.807) is 0 Å². The van der Waals surface area contributed by atoms with Crippen molar-refractivity contribution in [2.24, 2.45) is 0 Å². The summed E-state index contributed by atoms with van der Waals surface area (Å²) >= 11 is 0. The van der Waals surface area contributed by atoms with Crippen LogP contribution in [0.4, 0.5) is 5.69 Å². The number of rotatable bonds is 1. The lowest BCUT2D eigenvalue weighted by Gasteiger charge is -2.09. The van der Waals surface area contributed by atoms with Crippen molar-refractivity contribution >= 4 is 11.5 Å². The molecule has 1 spiro atoms. The van der Waals surface area contributed by atoms with Crippen molar-refractivity contribution < 1.29 is 4.79 Å². The Morgan fingerprint density at radius 3 is 2.50 bits per heavy atom. The molecule has 1 saturated carbocycles. The Balaban J connectivity index is 1.73. The molecule has 1 fully saturated rings. The average molecular weight is 235 g/mol. The first kappa shape index (κ1) is 9.89. The summed E-state index contributed by atoms with van der Waals surface area (Å²) in [5.74, 6) is 0.575. The van der Waals surface area contributed by atoms with Crippen molar-refractivity contribution in [2.75, 3.05) is 5.32 Å². The fourth-order valence-electron chi connectivity index (χ4n) is 3.07. The molecule has 1 aliphatic heterocycles. The van der Waals surface area contributed by atoms with Gasteiger partial charge in [-0.3, -0.25) is 4.79 Å². The van der Waals surface area contributed by atoms with Gasteiger partial charge < -0.3 is 5.32 Å². The molecule has 0 saturated heterocycles. The van der Waals surface area contributed by atoms with Gasteiger partial charge in [-0.2, -0.15) is 0 Å². The number of anilines is 1. The summed E-state index contributed by atoms with van der Waals surface area (Å²) in [4.78, 5) is 12.5. The molecule has 2 aromatic carbocycles. The molecule has 0 aromatic heterocycles.